The topological polar surface area (TPSA) is 140 Å². The SMILES string of the molecule is CN(C)C(=O)/C=C/CBr.CN(C)C(=O)/C=C/CN(CCOc1ccc(I)cn1)C(=O)OC(C)(C)C.Cl.NCCOc1ccc(I)cn1. The minimum absolute atomic E-state index is 0. The summed E-state index contributed by atoms with van der Waals surface area (Å²) in [5.74, 6) is 1.01. The number of hydrogen-bond donors (Lipinski definition) is 1. The second-order valence-corrected chi connectivity index (χ2v) is 13.6. The first-order valence-electron chi connectivity index (χ1n) is 14.1. The number of nitrogens with zero attached hydrogens (tertiary/aromatic N) is 5. The van der Waals surface area contributed by atoms with Gasteiger partial charge in [0, 0.05) is 84.4 Å². The van der Waals surface area contributed by atoms with Crippen molar-refractivity contribution in [2.24, 2.45) is 5.73 Å². The number of ether oxygens (including phenoxy) is 3. The van der Waals surface area contributed by atoms with Gasteiger partial charge in [0.05, 0.1) is 6.54 Å². The largest absolute Gasteiger partial charge is 0.476 e. The van der Waals surface area contributed by atoms with Crippen LogP contribution >= 0.6 is 73.5 Å². The smallest absolute Gasteiger partial charge is 0.410 e. The number of nitrogens with two attached hydrogens (primary N) is 1. The van der Waals surface area contributed by atoms with Crippen LogP contribution in [0.3, 0.4) is 0 Å². The maximum absolute atomic E-state index is 12.4. The Labute approximate surface area is 320 Å². The molecule has 0 bridgehead atoms. The van der Waals surface area contributed by atoms with Crippen molar-refractivity contribution in [2.45, 2.75) is 26.4 Å². The van der Waals surface area contributed by atoms with Crippen molar-refractivity contribution in [3.05, 3.63) is 68.1 Å². The fourth-order valence-corrected chi connectivity index (χ4v) is 3.45. The molecule has 0 fully saturated rings. The van der Waals surface area contributed by atoms with Gasteiger partial charge in [0.2, 0.25) is 23.6 Å². The highest BCUT2D eigenvalue weighted by atomic mass is 127. The maximum atomic E-state index is 12.4. The second-order valence-electron chi connectivity index (χ2n) is 10.5. The third kappa shape index (κ3) is 25.5. The predicted octanol–water partition coefficient (Wildman–Crippen LogP) is 5.42. The number of allylic oxidation sites excluding steroid dienone is 1. The van der Waals surface area contributed by atoms with Crippen LogP contribution in [0.25, 0.3) is 0 Å². The van der Waals surface area contributed by atoms with E-state index < -0.39 is 11.7 Å². The molecule has 2 rings (SSSR count). The number of halogens is 4. The number of pyridine rings is 2. The van der Waals surface area contributed by atoms with Crippen LogP contribution in [0.1, 0.15) is 20.8 Å². The average molecular weight is 968 g/mol. The van der Waals surface area contributed by atoms with Gasteiger partial charge in [-0.25, -0.2) is 14.8 Å². The summed E-state index contributed by atoms with van der Waals surface area (Å²) >= 11 is 7.53. The Bertz CT molecular complexity index is 1230. The fraction of sp³-hybridized carbons (Fsp3) is 0.452. The van der Waals surface area contributed by atoms with E-state index in [4.69, 9.17) is 19.9 Å². The van der Waals surface area contributed by atoms with Crippen molar-refractivity contribution in [3.63, 3.8) is 0 Å². The molecule has 3 amide bonds. The van der Waals surface area contributed by atoms with E-state index in [2.05, 4.69) is 71.1 Å². The molecule has 2 N–H and O–H groups in total. The van der Waals surface area contributed by atoms with Crippen LogP contribution in [-0.4, -0.2) is 115 Å². The Hall–Kier alpha value is -2.22. The molecule has 0 saturated carbocycles. The lowest BCUT2D eigenvalue weighted by atomic mass is 10.2. The van der Waals surface area contributed by atoms with E-state index in [0.29, 0.717) is 31.5 Å². The number of hydrogen-bond acceptors (Lipinski definition) is 9. The Morgan fingerprint density at radius 2 is 1.32 bits per heavy atom. The van der Waals surface area contributed by atoms with E-state index >= 15 is 0 Å². The Morgan fingerprint density at radius 3 is 1.70 bits per heavy atom. The third-order valence-electron chi connectivity index (χ3n) is 4.85. The fourth-order valence-electron chi connectivity index (χ4n) is 2.63. The van der Waals surface area contributed by atoms with Gasteiger partial charge < -0.3 is 34.6 Å². The molecule has 2 aromatic heterocycles. The number of carbonyl (C=O) groups excluding carboxylic acids is 3. The maximum Gasteiger partial charge on any atom is 0.410 e. The summed E-state index contributed by atoms with van der Waals surface area (Å²) in [7, 11) is 6.78. The zero-order valence-corrected chi connectivity index (χ0v) is 34.5. The van der Waals surface area contributed by atoms with Crippen LogP contribution in [0.2, 0.25) is 0 Å². The van der Waals surface area contributed by atoms with Crippen LogP contribution in [-0.2, 0) is 14.3 Å². The Balaban J connectivity index is 0. The van der Waals surface area contributed by atoms with E-state index in [1.54, 1.807) is 79.6 Å². The molecule has 0 atom stereocenters. The summed E-state index contributed by atoms with van der Waals surface area (Å²) in [6, 6.07) is 7.44. The Morgan fingerprint density at radius 1 is 0.851 bits per heavy atom. The van der Waals surface area contributed by atoms with E-state index in [9.17, 15) is 14.4 Å². The minimum Gasteiger partial charge on any atom is -0.476 e. The van der Waals surface area contributed by atoms with Gasteiger partial charge in [-0.05, 0) is 84.2 Å². The van der Waals surface area contributed by atoms with Crippen molar-refractivity contribution in [1.29, 1.82) is 0 Å². The quantitative estimate of drug-likeness (QED) is 0.168. The highest BCUT2D eigenvalue weighted by Crippen LogP contribution is 2.12. The molecule has 0 unspecified atom stereocenters. The van der Waals surface area contributed by atoms with Gasteiger partial charge in [0.15, 0.2) is 0 Å². The monoisotopic (exact) mass is 966 g/mol. The molecule has 12 nitrogen and oxygen atoms in total. The van der Waals surface area contributed by atoms with Crippen LogP contribution in [0.5, 0.6) is 11.8 Å². The lowest BCUT2D eigenvalue weighted by Gasteiger charge is -2.26. The predicted molar refractivity (Wildman–Crippen MR) is 208 cm³/mol. The highest BCUT2D eigenvalue weighted by Gasteiger charge is 2.21. The number of likely N-dealkylation sites (N-methyl/N-ethyl adjacent to an activating group) is 2. The summed E-state index contributed by atoms with van der Waals surface area (Å²) in [6.45, 7) is 7.28. The molecule has 264 valence electrons. The van der Waals surface area contributed by atoms with Gasteiger partial charge in [0.25, 0.3) is 0 Å². The molecule has 0 saturated heterocycles. The van der Waals surface area contributed by atoms with Crippen molar-refractivity contribution in [2.75, 3.05) is 66.4 Å². The van der Waals surface area contributed by atoms with Crippen molar-refractivity contribution >= 4 is 91.4 Å². The van der Waals surface area contributed by atoms with Crippen molar-refractivity contribution in [3.8, 4) is 11.8 Å². The third-order valence-corrected chi connectivity index (χ3v) is 6.50. The lowest BCUT2D eigenvalue weighted by molar-refractivity contribution is -0.124. The van der Waals surface area contributed by atoms with Crippen LogP contribution in [0.4, 0.5) is 4.79 Å². The minimum atomic E-state index is -0.600. The van der Waals surface area contributed by atoms with Gasteiger partial charge in [0.1, 0.15) is 18.8 Å². The zero-order chi connectivity index (χ0) is 35.1. The highest BCUT2D eigenvalue weighted by molar-refractivity contribution is 14.1. The molecule has 0 aromatic carbocycles. The molecule has 0 radical (unpaired) electrons. The number of rotatable bonds is 12. The van der Waals surface area contributed by atoms with Crippen molar-refractivity contribution in [1.82, 2.24) is 24.7 Å². The molecule has 2 heterocycles. The molecular formula is C31H46BrClI2N6O6. The van der Waals surface area contributed by atoms with E-state index in [1.807, 2.05) is 18.2 Å². The van der Waals surface area contributed by atoms with E-state index in [0.717, 1.165) is 12.5 Å². The molecule has 0 aliphatic rings. The summed E-state index contributed by atoms with van der Waals surface area (Å²) < 4.78 is 18.3. The average Bonchev–Trinajstić information content (AvgIpc) is 2.99. The zero-order valence-electron chi connectivity index (χ0n) is 27.8. The van der Waals surface area contributed by atoms with Crippen LogP contribution in [0.15, 0.2) is 61.0 Å². The Kier molecular flexibility index (Phi) is 26.6. The van der Waals surface area contributed by atoms with Gasteiger partial charge in [-0.2, -0.15) is 0 Å². The molecule has 0 aliphatic heterocycles. The molecule has 16 heteroatoms. The number of amides is 3. The van der Waals surface area contributed by atoms with Crippen LogP contribution < -0.4 is 15.2 Å². The number of alkyl halides is 1. The molecule has 47 heavy (non-hydrogen) atoms. The molecule has 0 spiro atoms. The summed E-state index contributed by atoms with van der Waals surface area (Å²) in [5.41, 5.74) is 4.65. The normalized spacial score (nSPS) is 10.4. The van der Waals surface area contributed by atoms with Crippen LogP contribution in [0, 0.1) is 7.14 Å². The van der Waals surface area contributed by atoms with Gasteiger partial charge >= 0.3 is 6.09 Å². The first-order valence-corrected chi connectivity index (χ1v) is 17.4. The van der Waals surface area contributed by atoms with E-state index in [1.165, 1.54) is 26.9 Å². The number of aromatic nitrogens is 2. The van der Waals surface area contributed by atoms with Crippen molar-refractivity contribution < 1.29 is 28.6 Å². The summed E-state index contributed by atoms with van der Waals surface area (Å²) in [4.78, 5) is 47.4. The van der Waals surface area contributed by atoms with Gasteiger partial charge in [-0.1, -0.05) is 28.1 Å². The van der Waals surface area contributed by atoms with E-state index in [-0.39, 0.29) is 37.4 Å². The lowest BCUT2D eigenvalue weighted by Crippen LogP contribution is -2.39. The first kappa shape index (κ1) is 46.9. The van der Waals surface area contributed by atoms with Gasteiger partial charge in [-0.3, -0.25) is 9.59 Å². The summed E-state index contributed by atoms with van der Waals surface area (Å²) in [5, 5.41) is 0.729. The summed E-state index contributed by atoms with van der Waals surface area (Å²) in [6.07, 6.45) is 9.37. The van der Waals surface area contributed by atoms with Gasteiger partial charge in [-0.15, -0.1) is 12.4 Å². The first-order chi connectivity index (χ1) is 21.6. The molecule has 0 aliphatic carbocycles. The molecule has 2 aromatic rings. The number of carbonyl (C=O) groups is 3. The molecular weight excluding hydrogens is 922 g/mol. The standard InChI is InChI=1S/C18H26IN3O4.C7H9IN2O.C6H10BrNO.ClH/c1-18(2,3)26-17(24)22(10-6-7-16(23)21(4)5)11-12-25-15-9-8-14(19)13-20-15;8-6-1-2-7(10-5-6)11-4-3-9;1-8(2)6(9)4-3-5-7;/h6-9,13H,10-12H2,1-5H3;1-2,5H,3-4,9H2;3-4H,5H2,1-2H3;1H/b7-6+;;4-3+;. The second kappa shape index (κ2) is 26.7.